The number of phosphoric acid groups is 2. The summed E-state index contributed by atoms with van der Waals surface area (Å²) in [7, 11) is -9.92. The van der Waals surface area contributed by atoms with E-state index >= 15 is 0 Å². The van der Waals surface area contributed by atoms with Gasteiger partial charge in [0.25, 0.3) is 0 Å². The first kappa shape index (κ1) is 99.1. The van der Waals surface area contributed by atoms with Gasteiger partial charge in [0.15, 0.2) is 12.2 Å². The fourth-order valence-electron chi connectivity index (χ4n) is 12.7. The van der Waals surface area contributed by atoms with Crippen molar-refractivity contribution in [2.45, 2.75) is 457 Å². The average Bonchev–Trinajstić information content (AvgIpc) is 1.23. The number of hydrogen-bond acceptors (Lipinski definition) is 15. The van der Waals surface area contributed by atoms with Gasteiger partial charge in [-0.05, 0) is 31.6 Å². The van der Waals surface area contributed by atoms with Gasteiger partial charge in [-0.25, -0.2) is 9.13 Å². The molecule has 0 bridgehead atoms. The molecule has 3 N–H and O–H groups in total. The van der Waals surface area contributed by atoms with E-state index in [0.29, 0.717) is 25.7 Å². The highest BCUT2D eigenvalue weighted by molar-refractivity contribution is 7.47. The topological polar surface area (TPSA) is 237 Å². The van der Waals surface area contributed by atoms with Crippen LogP contribution in [-0.2, 0) is 65.4 Å². The summed E-state index contributed by atoms with van der Waals surface area (Å²) in [5.74, 6) is -1.30. The lowest BCUT2D eigenvalue weighted by atomic mass is 9.99. The molecule has 3 unspecified atom stereocenters. The van der Waals surface area contributed by atoms with Gasteiger partial charge in [0.1, 0.15) is 19.3 Å². The van der Waals surface area contributed by atoms with Gasteiger partial charge in [-0.15, -0.1) is 0 Å². The first-order chi connectivity index (χ1) is 49.1. The van der Waals surface area contributed by atoms with Crippen molar-refractivity contribution < 1.29 is 80.2 Å². The quantitative estimate of drug-likeness (QED) is 0.0222. The van der Waals surface area contributed by atoms with E-state index in [2.05, 4.69) is 34.6 Å². The predicted molar refractivity (Wildman–Crippen MR) is 414 cm³/mol. The van der Waals surface area contributed by atoms with Crippen molar-refractivity contribution in [2.24, 2.45) is 5.92 Å². The maximum absolute atomic E-state index is 13.1. The normalized spacial score (nSPS) is 14.1. The zero-order valence-electron chi connectivity index (χ0n) is 66.1. The van der Waals surface area contributed by atoms with Gasteiger partial charge in [-0.1, -0.05) is 388 Å². The van der Waals surface area contributed by atoms with Crippen LogP contribution in [0.5, 0.6) is 0 Å². The Morgan fingerprint density at radius 1 is 0.277 bits per heavy atom. The van der Waals surface area contributed by atoms with Crippen LogP contribution in [0.2, 0.25) is 0 Å². The molecule has 6 atom stereocenters. The van der Waals surface area contributed by atoms with Gasteiger partial charge < -0.3 is 33.8 Å². The summed E-state index contributed by atoms with van der Waals surface area (Å²) in [6.45, 7) is 7.36. The van der Waals surface area contributed by atoms with Crippen molar-refractivity contribution in [2.75, 3.05) is 39.6 Å². The van der Waals surface area contributed by atoms with Crippen molar-refractivity contribution in [3.63, 3.8) is 0 Å². The van der Waals surface area contributed by atoms with E-state index in [1.807, 2.05) is 0 Å². The zero-order chi connectivity index (χ0) is 74.1. The standard InChI is InChI=1S/C82H160O17P2/c1-6-10-13-16-19-22-25-27-29-31-32-34-36-38-41-47-52-57-62-67-81(86)98-77(72-93-80(85)66-61-56-51-46-40-37-35-33-30-28-26-23-20-17-14-11-7-2)73-96-100(88,89)94-69-76(83)70-95-101(90,91)97-74-78(71-92-79(84)65-60-55-50-45-39-24-21-18-15-12-8-3)99-82(87)68-63-58-53-48-43-42-44-49-54-59-64-75(5)9-4/h75-78,83H,6-74H2,1-5H3,(H,88,89)(H,90,91)/t75?,76-,77-,78-/m1/s1. The van der Waals surface area contributed by atoms with Crippen LogP contribution in [0.25, 0.3) is 0 Å². The van der Waals surface area contributed by atoms with E-state index in [4.69, 9.17) is 37.0 Å². The molecular weight excluding hydrogens is 1320 g/mol. The van der Waals surface area contributed by atoms with Crippen LogP contribution >= 0.6 is 15.6 Å². The van der Waals surface area contributed by atoms with E-state index in [-0.39, 0.29) is 25.7 Å². The third-order valence-corrected chi connectivity index (χ3v) is 21.5. The molecule has 0 saturated heterocycles. The number of esters is 4. The lowest BCUT2D eigenvalue weighted by Gasteiger charge is -2.21. The molecule has 0 amide bonds. The number of ether oxygens (including phenoxy) is 4. The highest BCUT2D eigenvalue weighted by Gasteiger charge is 2.30. The minimum atomic E-state index is -4.96. The molecule has 600 valence electrons. The monoisotopic (exact) mass is 1480 g/mol. The third-order valence-electron chi connectivity index (χ3n) is 19.6. The molecule has 0 spiro atoms. The summed E-state index contributed by atoms with van der Waals surface area (Å²) in [5.41, 5.74) is 0. The maximum atomic E-state index is 13.1. The molecule has 0 aromatic rings. The largest absolute Gasteiger partial charge is 0.472 e. The predicted octanol–water partition coefficient (Wildman–Crippen LogP) is 24.8. The number of carbonyl (C=O) groups excluding carboxylic acids is 4. The molecule has 0 rings (SSSR count). The van der Waals surface area contributed by atoms with Crippen molar-refractivity contribution >= 4 is 39.5 Å². The van der Waals surface area contributed by atoms with Gasteiger partial charge >= 0.3 is 39.5 Å². The maximum Gasteiger partial charge on any atom is 0.472 e. The van der Waals surface area contributed by atoms with Crippen LogP contribution in [0.1, 0.15) is 439 Å². The van der Waals surface area contributed by atoms with Gasteiger partial charge in [0, 0.05) is 25.7 Å². The van der Waals surface area contributed by atoms with Crippen LogP contribution in [0.3, 0.4) is 0 Å². The number of phosphoric ester groups is 2. The summed E-state index contributed by atoms with van der Waals surface area (Å²) >= 11 is 0. The Balaban J connectivity index is 5.25. The van der Waals surface area contributed by atoms with Gasteiger partial charge in [0.2, 0.25) is 0 Å². The van der Waals surface area contributed by atoms with Crippen molar-refractivity contribution in [3.8, 4) is 0 Å². The number of aliphatic hydroxyl groups is 1. The first-order valence-electron chi connectivity index (χ1n) is 42.7. The molecular formula is C82H160O17P2. The molecule has 0 radical (unpaired) electrons. The number of carbonyl (C=O) groups is 4. The molecule has 0 aromatic carbocycles. The second-order valence-corrected chi connectivity index (χ2v) is 32.7. The number of hydrogen-bond donors (Lipinski definition) is 3. The van der Waals surface area contributed by atoms with E-state index in [1.165, 1.54) is 263 Å². The summed E-state index contributed by atoms with van der Waals surface area (Å²) in [5, 5.41) is 10.7. The Morgan fingerprint density at radius 3 is 0.703 bits per heavy atom. The second kappa shape index (κ2) is 74.9. The smallest absolute Gasteiger partial charge is 0.462 e. The van der Waals surface area contributed by atoms with Crippen LogP contribution < -0.4 is 0 Å². The van der Waals surface area contributed by atoms with Gasteiger partial charge in [-0.3, -0.25) is 37.3 Å². The average molecular weight is 1480 g/mol. The van der Waals surface area contributed by atoms with Gasteiger partial charge in [-0.2, -0.15) is 0 Å². The van der Waals surface area contributed by atoms with Crippen LogP contribution in [-0.4, -0.2) is 96.7 Å². The number of aliphatic hydroxyl groups excluding tert-OH is 1. The van der Waals surface area contributed by atoms with E-state index in [0.717, 1.165) is 95.8 Å². The SMILES string of the molecule is CCCCCCCCCCCCCCCCCCCCCC(=O)O[C@H](COC(=O)CCCCCCCCCCCCCCCCCCC)COP(=O)(O)OC[C@@H](O)COP(=O)(O)OC[C@@H](COC(=O)CCCCCCCCCCCCC)OC(=O)CCCCCCCCCCCCC(C)CC. The van der Waals surface area contributed by atoms with E-state index in [1.54, 1.807) is 0 Å². The molecule has 101 heavy (non-hydrogen) atoms. The Labute approximate surface area is 619 Å². The molecule has 0 aliphatic rings. The molecule has 0 aliphatic carbocycles. The molecule has 0 saturated carbocycles. The molecule has 0 aromatic heterocycles. The minimum absolute atomic E-state index is 0.107. The van der Waals surface area contributed by atoms with Gasteiger partial charge in [0.05, 0.1) is 26.4 Å². The van der Waals surface area contributed by atoms with E-state index < -0.39 is 97.5 Å². The highest BCUT2D eigenvalue weighted by atomic mass is 31.2. The Kier molecular flexibility index (Phi) is 73.5. The molecule has 0 aliphatic heterocycles. The Morgan fingerprint density at radius 2 is 0.475 bits per heavy atom. The summed E-state index contributed by atoms with van der Waals surface area (Å²) in [4.78, 5) is 73.1. The minimum Gasteiger partial charge on any atom is -0.462 e. The first-order valence-corrected chi connectivity index (χ1v) is 45.7. The van der Waals surface area contributed by atoms with E-state index in [9.17, 15) is 43.2 Å². The van der Waals surface area contributed by atoms with Crippen molar-refractivity contribution in [3.05, 3.63) is 0 Å². The number of unbranched alkanes of at least 4 members (excludes halogenated alkanes) is 53. The summed E-state index contributed by atoms with van der Waals surface area (Å²) in [6, 6.07) is 0. The second-order valence-electron chi connectivity index (χ2n) is 29.8. The zero-order valence-corrected chi connectivity index (χ0v) is 67.8. The molecule has 17 nitrogen and oxygen atoms in total. The highest BCUT2D eigenvalue weighted by Crippen LogP contribution is 2.45. The molecule has 0 heterocycles. The lowest BCUT2D eigenvalue weighted by Crippen LogP contribution is -2.30. The van der Waals surface area contributed by atoms with Crippen molar-refractivity contribution in [1.29, 1.82) is 0 Å². The third kappa shape index (κ3) is 74.7. The lowest BCUT2D eigenvalue weighted by molar-refractivity contribution is -0.161. The van der Waals surface area contributed by atoms with Crippen LogP contribution in [0.4, 0.5) is 0 Å². The fourth-order valence-corrected chi connectivity index (χ4v) is 14.3. The summed E-state index contributed by atoms with van der Waals surface area (Å²) in [6.07, 6.45) is 66.5. The Bertz CT molecular complexity index is 1930. The Hall–Kier alpha value is -1.94. The molecule has 19 heteroatoms. The van der Waals surface area contributed by atoms with Crippen LogP contribution in [0.15, 0.2) is 0 Å². The number of rotatable bonds is 82. The van der Waals surface area contributed by atoms with Crippen LogP contribution in [0, 0.1) is 5.92 Å². The fraction of sp³-hybridized carbons (Fsp3) is 0.951. The van der Waals surface area contributed by atoms with Crippen molar-refractivity contribution in [1.82, 2.24) is 0 Å². The summed E-state index contributed by atoms with van der Waals surface area (Å²) < 4.78 is 68.8. The molecule has 0 fully saturated rings.